The number of carboxylic acid groups (broad SMARTS) is 1. The van der Waals surface area contributed by atoms with Gasteiger partial charge in [-0.05, 0) is 17.8 Å². The first kappa shape index (κ1) is 19.9. The molecular formula is C16H32N2O3. The molecule has 0 spiro atoms. The Labute approximate surface area is 128 Å². The Balaban J connectivity index is 5.12. The normalized spacial score (nSPS) is 17.1. The van der Waals surface area contributed by atoms with Gasteiger partial charge in [0.2, 0.25) is 5.91 Å². The van der Waals surface area contributed by atoms with E-state index in [4.69, 9.17) is 10.8 Å². The number of nitrogens with zero attached hydrogens (tertiary/aromatic N) is 1. The van der Waals surface area contributed by atoms with E-state index in [0.29, 0.717) is 5.92 Å². The van der Waals surface area contributed by atoms with Gasteiger partial charge in [0.1, 0.15) is 0 Å². The van der Waals surface area contributed by atoms with Gasteiger partial charge < -0.3 is 15.7 Å². The predicted octanol–water partition coefficient (Wildman–Crippen LogP) is 2.34. The van der Waals surface area contributed by atoms with Crippen molar-refractivity contribution in [3.8, 4) is 0 Å². The summed E-state index contributed by atoms with van der Waals surface area (Å²) in [5.74, 6) is -0.534. The van der Waals surface area contributed by atoms with E-state index in [1.54, 1.807) is 11.9 Å². The van der Waals surface area contributed by atoms with Crippen molar-refractivity contribution in [1.82, 2.24) is 4.90 Å². The molecule has 1 amide bonds. The number of carboxylic acids is 1. The van der Waals surface area contributed by atoms with Crippen molar-refractivity contribution in [2.24, 2.45) is 23.5 Å². The molecule has 0 heterocycles. The second kappa shape index (κ2) is 9.03. The third kappa shape index (κ3) is 6.04. The lowest BCUT2D eigenvalue weighted by Crippen LogP contribution is -2.51. The Bertz CT molecular complexity index is 344. The number of nitrogens with two attached hydrogens (primary N) is 1. The SMILES string of the molecule is CCCC(C)C(C)C(CC(=O)O)N(C)C(=O)C(N)C(C)C. The molecule has 124 valence electrons. The number of amides is 1. The highest BCUT2D eigenvalue weighted by Crippen LogP contribution is 2.26. The summed E-state index contributed by atoms with van der Waals surface area (Å²) >= 11 is 0. The molecule has 0 saturated heterocycles. The summed E-state index contributed by atoms with van der Waals surface area (Å²) in [4.78, 5) is 25.1. The third-order valence-corrected chi connectivity index (χ3v) is 4.48. The molecule has 4 atom stereocenters. The lowest BCUT2D eigenvalue weighted by atomic mass is 9.83. The van der Waals surface area contributed by atoms with E-state index in [-0.39, 0.29) is 30.2 Å². The summed E-state index contributed by atoms with van der Waals surface area (Å²) < 4.78 is 0. The topological polar surface area (TPSA) is 83.6 Å². The van der Waals surface area contributed by atoms with Gasteiger partial charge in [-0.1, -0.05) is 47.5 Å². The summed E-state index contributed by atoms with van der Waals surface area (Å²) in [5, 5.41) is 9.15. The van der Waals surface area contributed by atoms with Gasteiger partial charge >= 0.3 is 5.97 Å². The van der Waals surface area contributed by atoms with Gasteiger partial charge in [-0.3, -0.25) is 9.59 Å². The zero-order chi connectivity index (χ0) is 16.7. The quantitative estimate of drug-likeness (QED) is 0.684. The van der Waals surface area contributed by atoms with Crippen LogP contribution in [0, 0.1) is 17.8 Å². The van der Waals surface area contributed by atoms with Crippen LogP contribution in [0.4, 0.5) is 0 Å². The van der Waals surface area contributed by atoms with Crippen LogP contribution in [0.2, 0.25) is 0 Å². The predicted molar refractivity (Wildman–Crippen MR) is 84.9 cm³/mol. The standard InChI is InChI=1S/C16H32N2O3/c1-7-8-11(4)12(5)13(9-14(19)20)18(6)16(21)15(17)10(2)3/h10-13,15H,7-9,17H2,1-6H3,(H,19,20). The maximum Gasteiger partial charge on any atom is 0.305 e. The van der Waals surface area contributed by atoms with Gasteiger partial charge in [0.05, 0.1) is 12.5 Å². The molecule has 0 fully saturated rings. The minimum Gasteiger partial charge on any atom is -0.481 e. The molecule has 0 aliphatic heterocycles. The third-order valence-electron chi connectivity index (χ3n) is 4.48. The van der Waals surface area contributed by atoms with E-state index in [9.17, 15) is 9.59 Å². The fourth-order valence-corrected chi connectivity index (χ4v) is 2.64. The van der Waals surface area contributed by atoms with Gasteiger partial charge in [0.25, 0.3) is 0 Å². The van der Waals surface area contributed by atoms with Crippen molar-refractivity contribution in [1.29, 1.82) is 0 Å². The number of likely N-dealkylation sites (N-methyl/N-ethyl adjacent to an activating group) is 1. The smallest absolute Gasteiger partial charge is 0.305 e. The molecule has 0 aromatic rings. The molecule has 0 aliphatic rings. The highest BCUT2D eigenvalue weighted by Gasteiger charge is 2.33. The van der Waals surface area contributed by atoms with Gasteiger partial charge in [-0.25, -0.2) is 0 Å². The Morgan fingerprint density at radius 2 is 1.71 bits per heavy atom. The van der Waals surface area contributed by atoms with Crippen LogP contribution in [-0.2, 0) is 9.59 Å². The van der Waals surface area contributed by atoms with Crippen molar-refractivity contribution in [2.45, 2.75) is 66.0 Å². The van der Waals surface area contributed by atoms with Crippen molar-refractivity contribution >= 4 is 11.9 Å². The van der Waals surface area contributed by atoms with Crippen LogP contribution in [0.15, 0.2) is 0 Å². The van der Waals surface area contributed by atoms with Crippen molar-refractivity contribution in [2.75, 3.05) is 7.05 Å². The van der Waals surface area contributed by atoms with Crippen LogP contribution in [-0.4, -0.2) is 41.0 Å². The monoisotopic (exact) mass is 300 g/mol. The molecule has 0 aromatic carbocycles. The Kier molecular flexibility index (Phi) is 8.55. The summed E-state index contributed by atoms with van der Waals surface area (Å²) in [7, 11) is 1.67. The Hall–Kier alpha value is -1.10. The molecule has 5 heteroatoms. The number of aliphatic carboxylic acids is 1. The molecule has 21 heavy (non-hydrogen) atoms. The first-order valence-electron chi connectivity index (χ1n) is 7.87. The number of carbonyl (C=O) groups excluding carboxylic acids is 1. The molecule has 0 aliphatic carbocycles. The first-order valence-corrected chi connectivity index (χ1v) is 7.87. The van der Waals surface area contributed by atoms with E-state index in [1.807, 2.05) is 20.8 Å². The molecule has 3 N–H and O–H groups in total. The van der Waals surface area contributed by atoms with Gasteiger partial charge in [-0.2, -0.15) is 0 Å². The highest BCUT2D eigenvalue weighted by molar-refractivity contribution is 5.82. The van der Waals surface area contributed by atoms with Crippen LogP contribution >= 0.6 is 0 Å². The van der Waals surface area contributed by atoms with Crippen molar-refractivity contribution in [3.63, 3.8) is 0 Å². The Morgan fingerprint density at radius 1 is 1.19 bits per heavy atom. The zero-order valence-corrected chi connectivity index (χ0v) is 14.3. The summed E-state index contributed by atoms with van der Waals surface area (Å²) in [6, 6.07) is -0.902. The molecule has 0 bridgehead atoms. The van der Waals surface area contributed by atoms with E-state index >= 15 is 0 Å². The summed E-state index contributed by atoms with van der Waals surface area (Å²) in [6.45, 7) is 10.0. The van der Waals surface area contributed by atoms with Crippen LogP contribution in [0.3, 0.4) is 0 Å². The summed E-state index contributed by atoms with van der Waals surface area (Å²) in [5.41, 5.74) is 5.93. The lowest BCUT2D eigenvalue weighted by Gasteiger charge is -2.36. The van der Waals surface area contributed by atoms with Crippen molar-refractivity contribution < 1.29 is 14.7 Å². The molecule has 0 aromatic heterocycles. The van der Waals surface area contributed by atoms with Crippen LogP contribution < -0.4 is 5.73 Å². The Morgan fingerprint density at radius 3 is 2.10 bits per heavy atom. The largest absolute Gasteiger partial charge is 0.481 e. The van der Waals surface area contributed by atoms with Crippen LogP contribution in [0.1, 0.15) is 53.9 Å². The second-order valence-corrected chi connectivity index (χ2v) is 6.51. The molecule has 0 saturated carbocycles. The number of rotatable bonds is 9. The lowest BCUT2D eigenvalue weighted by molar-refractivity contribution is -0.142. The fraction of sp³-hybridized carbons (Fsp3) is 0.875. The number of carbonyl (C=O) groups is 2. The second-order valence-electron chi connectivity index (χ2n) is 6.51. The molecule has 0 rings (SSSR count). The van der Waals surface area contributed by atoms with Gasteiger partial charge in [0.15, 0.2) is 0 Å². The fourth-order valence-electron chi connectivity index (χ4n) is 2.64. The van der Waals surface area contributed by atoms with Gasteiger partial charge in [-0.15, -0.1) is 0 Å². The maximum absolute atomic E-state index is 12.4. The summed E-state index contributed by atoms with van der Waals surface area (Å²) in [6.07, 6.45) is 2.03. The minimum absolute atomic E-state index is 0.0359. The van der Waals surface area contributed by atoms with Crippen LogP contribution in [0.25, 0.3) is 0 Å². The molecular weight excluding hydrogens is 268 g/mol. The van der Waals surface area contributed by atoms with Gasteiger partial charge in [0, 0.05) is 13.1 Å². The van der Waals surface area contributed by atoms with E-state index < -0.39 is 12.0 Å². The number of hydrogen-bond acceptors (Lipinski definition) is 3. The van der Waals surface area contributed by atoms with E-state index in [1.165, 1.54) is 0 Å². The van der Waals surface area contributed by atoms with E-state index in [0.717, 1.165) is 12.8 Å². The average molecular weight is 300 g/mol. The molecule has 0 radical (unpaired) electrons. The highest BCUT2D eigenvalue weighted by atomic mass is 16.4. The maximum atomic E-state index is 12.4. The first-order chi connectivity index (χ1) is 9.63. The van der Waals surface area contributed by atoms with Crippen LogP contribution in [0.5, 0.6) is 0 Å². The molecule has 5 nitrogen and oxygen atoms in total. The van der Waals surface area contributed by atoms with E-state index in [2.05, 4.69) is 13.8 Å². The minimum atomic E-state index is -0.881. The average Bonchev–Trinajstić information content (AvgIpc) is 2.41. The number of hydrogen-bond donors (Lipinski definition) is 2. The molecule has 4 unspecified atom stereocenters. The zero-order valence-electron chi connectivity index (χ0n) is 14.3. The van der Waals surface area contributed by atoms with Crippen molar-refractivity contribution in [3.05, 3.63) is 0 Å².